The summed E-state index contributed by atoms with van der Waals surface area (Å²) in [6.45, 7) is 1.67. The molecular weight excluding hydrogens is 296 g/mol. The number of aromatic hydroxyl groups is 1. The highest BCUT2D eigenvalue weighted by atomic mass is 35.5. The summed E-state index contributed by atoms with van der Waals surface area (Å²) < 4.78 is 4.79. The van der Waals surface area contributed by atoms with Gasteiger partial charge in [-0.15, -0.1) is 0 Å². The lowest BCUT2D eigenvalue weighted by atomic mass is 9.95. The Morgan fingerprint density at radius 3 is 2.71 bits per heavy atom. The standard InChI is InChI=1S/C14H15ClN2O4/c1-7-11(13(19)21-3)12(16-14(20)17(7)2)8-4-5-10(18)9(15)6-8/h4-6,12,18H,1-3H3,(H,16,20)/t12-/m1/s1. The van der Waals surface area contributed by atoms with Crippen molar-refractivity contribution in [3.63, 3.8) is 0 Å². The number of amides is 2. The number of carbonyl (C=O) groups is 2. The van der Waals surface area contributed by atoms with Crippen molar-refractivity contribution in [3.05, 3.63) is 40.1 Å². The monoisotopic (exact) mass is 310 g/mol. The average Bonchev–Trinajstić information content (AvgIpc) is 2.46. The van der Waals surface area contributed by atoms with Gasteiger partial charge >= 0.3 is 12.0 Å². The number of carbonyl (C=O) groups excluding carboxylic acids is 2. The van der Waals surface area contributed by atoms with Gasteiger partial charge in [-0.3, -0.25) is 0 Å². The van der Waals surface area contributed by atoms with Crippen LogP contribution in [0, 0.1) is 0 Å². The first kappa shape index (κ1) is 15.2. The van der Waals surface area contributed by atoms with E-state index in [0.29, 0.717) is 16.8 Å². The number of rotatable bonds is 2. The number of phenolic OH excluding ortho intramolecular Hbond substituents is 1. The summed E-state index contributed by atoms with van der Waals surface area (Å²) >= 11 is 5.89. The Bertz CT molecular complexity index is 642. The zero-order valence-corrected chi connectivity index (χ0v) is 12.6. The Hall–Kier alpha value is -2.21. The molecule has 0 saturated carbocycles. The Kier molecular flexibility index (Phi) is 4.09. The summed E-state index contributed by atoms with van der Waals surface area (Å²) in [5.74, 6) is -0.603. The number of hydrogen-bond donors (Lipinski definition) is 2. The fraction of sp³-hybridized carbons (Fsp3) is 0.286. The second-order valence-electron chi connectivity index (χ2n) is 4.64. The fourth-order valence-corrected chi connectivity index (χ4v) is 2.35. The van der Waals surface area contributed by atoms with Crippen LogP contribution in [0.5, 0.6) is 5.75 Å². The molecule has 7 heteroatoms. The fourth-order valence-electron chi connectivity index (χ4n) is 2.16. The lowest BCUT2D eigenvalue weighted by Gasteiger charge is -2.33. The van der Waals surface area contributed by atoms with Gasteiger partial charge in [0.15, 0.2) is 0 Å². The number of nitrogens with one attached hydrogen (secondary N) is 1. The van der Waals surface area contributed by atoms with Gasteiger partial charge in [0, 0.05) is 12.7 Å². The number of benzene rings is 1. The molecule has 2 N–H and O–H groups in total. The molecule has 0 aliphatic carbocycles. The van der Waals surface area contributed by atoms with Gasteiger partial charge < -0.3 is 20.1 Å². The molecule has 0 unspecified atom stereocenters. The number of methoxy groups -OCH3 is 1. The maximum atomic E-state index is 12.0. The summed E-state index contributed by atoms with van der Waals surface area (Å²) in [6.07, 6.45) is 0. The highest BCUT2D eigenvalue weighted by Gasteiger charge is 2.34. The van der Waals surface area contributed by atoms with Gasteiger partial charge in [-0.05, 0) is 24.6 Å². The zero-order chi connectivity index (χ0) is 15.7. The Labute approximate surface area is 126 Å². The summed E-state index contributed by atoms with van der Waals surface area (Å²) in [6, 6.07) is 3.48. The SMILES string of the molecule is COC(=O)C1=C(C)N(C)C(=O)N[C@@H]1c1ccc(O)c(Cl)c1. The van der Waals surface area contributed by atoms with Gasteiger partial charge in [-0.1, -0.05) is 17.7 Å². The molecule has 1 aromatic carbocycles. The molecule has 2 amide bonds. The topological polar surface area (TPSA) is 78.9 Å². The summed E-state index contributed by atoms with van der Waals surface area (Å²) in [5.41, 5.74) is 1.40. The largest absolute Gasteiger partial charge is 0.506 e. The van der Waals surface area contributed by atoms with Crippen LogP contribution in [-0.2, 0) is 9.53 Å². The maximum Gasteiger partial charge on any atom is 0.337 e. The number of urea groups is 1. The van der Waals surface area contributed by atoms with E-state index in [1.54, 1.807) is 20.0 Å². The number of hydrogen-bond acceptors (Lipinski definition) is 4. The first-order valence-electron chi connectivity index (χ1n) is 6.18. The van der Waals surface area contributed by atoms with E-state index in [1.165, 1.54) is 24.1 Å². The minimum absolute atomic E-state index is 0.0695. The van der Waals surface area contributed by atoms with Crippen molar-refractivity contribution in [2.75, 3.05) is 14.2 Å². The molecule has 0 spiro atoms. The second-order valence-corrected chi connectivity index (χ2v) is 5.05. The molecule has 0 radical (unpaired) electrons. The lowest BCUT2D eigenvalue weighted by molar-refractivity contribution is -0.136. The van der Waals surface area contributed by atoms with Crippen LogP contribution in [0.2, 0.25) is 5.02 Å². The van der Waals surface area contributed by atoms with E-state index >= 15 is 0 Å². The quantitative estimate of drug-likeness (QED) is 0.821. The van der Waals surface area contributed by atoms with E-state index in [9.17, 15) is 14.7 Å². The molecule has 1 heterocycles. The second kappa shape index (κ2) is 5.65. The van der Waals surface area contributed by atoms with Crippen molar-refractivity contribution < 1.29 is 19.4 Å². The van der Waals surface area contributed by atoms with E-state index in [2.05, 4.69) is 5.32 Å². The van der Waals surface area contributed by atoms with Gasteiger partial charge in [-0.2, -0.15) is 0 Å². The molecule has 0 saturated heterocycles. The molecule has 1 aromatic rings. The third-order valence-corrected chi connectivity index (χ3v) is 3.77. The summed E-state index contributed by atoms with van der Waals surface area (Å²) in [5, 5.41) is 12.3. The van der Waals surface area contributed by atoms with E-state index in [4.69, 9.17) is 16.3 Å². The molecule has 6 nitrogen and oxygen atoms in total. The van der Waals surface area contributed by atoms with Crippen molar-refractivity contribution in [1.82, 2.24) is 10.2 Å². The number of phenols is 1. The Morgan fingerprint density at radius 2 is 2.14 bits per heavy atom. The first-order chi connectivity index (χ1) is 9.86. The van der Waals surface area contributed by atoms with Crippen LogP contribution >= 0.6 is 11.6 Å². The predicted octanol–water partition coefficient (Wildman–Crippen LogP) is 2.19. The van der Waals surface area contributed by atoms with Crippen LogP contribution in [0.3, 0.4) is 0 Å². The first-order valence-corrected chi connectivity index (χ1v) is 6.56. The normalized spacial score (nSPS) is 18.6. The third-order valence-electron chi connectivity index (χ3n) is 3.46. The van der Waals surface area contributed by atoms with E-state index < -0.39 is 12.0 Å². The molecule has 1 aliphatic rings. The van der Waals surface area contributed by atoms with Gasteiger partial charge in [0.2, 0.25) is 0 Å². The van der Waals surface area contributed by atoms with Crippen molar-refractivity contribution in [2.45, 2.75) is 13.0 Å². The number of nitrogens with zero attached hydrogens (tertiary/aromatic N) is 1. The number of halogens is 1. The number of esters is 1. The molecule has 0 bridgehead atoms. The van der Waals surface area contributed by atoms with Crippen LogP contribution in [-0.4, -0.2) is 36.2 Å². The molecule has 1 atom stereocenters. The van der Waals surface area contributed by atoms with Crippen LogP contribution in [0.25, 0.3) is 0 Å². The zero-order valence-electron chi connectivity index (χ0n) is 11.8. The van der Waals surface area contributed by atoms with Crippen molar-refractivity contribution in [1.29, 1.82) is 0 Å². The molecule has 0 fully saturated rings. The van der Waals surface area contributed by atoms with Crippen molar-refractivity contribution >= 4 is 23.6 Å². The highest BCUT2D eigenvalue weighted by molar-refractivity contribution is 6.32. The summed E-state index contributed by atoms with van der Waals surface area (Å²) in [4.78, 5) is 25.3. The minimum atomic E-state index is -0.681. The Balaban J connectivity index is 2.56. The molecule has 112 valence electrons. The van der Waals surface area contributed by atoms with Crippen molar-refractivity contribution in [2.24, 2.45) is 0 Å². The highest BCUT2D eigenvalue weighted by Crippen LogP contribution is 2.33. The van der Waals surface area contributed by atoms with E-state index in [-0.39, 0.29) is 16.8 Å². The van der Waals surface area contributed by atoms with E-state index in [0.717, 1.165) is 0 Å². The molecule has 2 rings (SSSR count). The van der Waals surface area contributed by atoms with Gasteiger partial charge in [0.05, 0.1) is 23.7 Å². The molecule has 21 heavy (non-hydrogen) atoms. The number of ether oxygens (including phenoxy) is 1. The summed E-state index contributed by atoms with van der Waals surface area (Å²) in [7, 11) is 2.84. The smallest absolute Gasteiger partial charge is 0.337 e. The van der Waals surface area contributed by atoms with Crippen LogP contribution < -0.4 is 5.32 Å². The lowest BCUT2D eigenvalue weighted by Crippen LogP contribution is -2.46. The Morgan fingerprint density at radius 1 is 1.48 bits per heavy atom. The van der Waals surface area contributed by atoms with Crippen LogP contribution in [0.15, 0.2) is 29.5 Å². The molecule has 0 aromatic heterocycles. The van der Waals surface area contributed by atoms with Gasteiger partial charge in [0.25, 0.3) is 0 Å². The van der Waals surface area contributed by atoms with Crippen LogP contribution in [0.1, 0.15) is 18.5 Å². The van der Waals surface area contributed by atoms with Gasteiger partial charge in [-0.25, -0.2) is 9.59 Å². The third kappa shape index (κ3) is 2.67. The minimum Gasteiger partial charge on any atom is -0.506 e. The number of allylic oxidation sites excluding steroid dienone is 1. The molecular formula is C14H15ClN2O4. The maximum absolute atomic E-state index is 12.0. The van der Waals surface area contributed by atoms with Crippen LogP contribution in [0.4, 0.5) is 4.79 Å². The molecule has 1 aliphatic heterocycles. The van der Waals surface area contributed by atoms with E-state index in [1.807, 2.05) is 0 Å². The predicted molar refractivity (Wildman–Crippen MR) is 76.9 cm³/mol. The average molecular weight is 311 g/mol. The van der Waals surface area contributed by atoms with Gasteiger partial charge in [0.1, 0.15) is 5.75 Å². The van der Waals surface area contributed by atoms with Crippen molar-refractivity contribution in [3.8, 4) is 5.75 Å².